The van der Waals surface area contributed by atoms with Crippen molar-refractivity contribution < 1.29 is 10.3 Å². The molecule has 0 bridgehead atoms. The third-order valence-corrected chi connectivity index (χ3v) is 3.75. The summed E-state index contributed by atoms with van der Waals surface area (Å²) in [5.74, 6) is 0.0672. The molecule has 1 atom stereocenters. The van der Waals surface area contributed by atoms with Crippen molar-refractivity contribution in [3.63, 3.8) is 0 Å². The number of halogens is 1. The van der Waals surface area contributed by atoms with Crippen LogP contribution >= 0.6 is 15.9 Å². The van der Waals surface area contributed by atoms with E-state index in [9.17, 15) is 5.11 Å². The van der Waals surface area contributed by atoms with Gasteiger partial charge in [0.05, 0.1) is 11.7 Å². The lowest BCUT2D eigenvalue weighted by Gasteiger charge is -2.33. The molecule has 0 aliphatic carbocycles. The van der Waals surface area contributed by atoms with E-state index in [-0.39, 0.29) is 11.9 Å². The van der Waals surface area contributed by atoms with Gasteiger partial charge in [0.1, 0.15) is 0 Å². The van der Waals surface area contributed by atoms with Gasteiger partial charge in [0.15, 0.2) is 5.84 Å². The van der Waals surface area contributed by atoms with Crippen molar-refractivity contribution in [2.45, 2.75) is 18.9 Å². The number of anilines is 1. The zero-order chi connectivity index (χ0) is 13.1. The highest BCUT2D eigenvalue weighted by Gasteiger charge is 2.22. The molecule has 1 aromatic carbocycles. The summed E-state index contributed by atoms with van der Waals surface area (Å²) in [5, 5.41) is 21.7. The normalized spacial score (nSPS) is 21.1. The van der Waals surface area contributed by atoms with Gasteiger partial charge in [-0.05, 0) is 40.9 Å². The summed E-state index contributed by atoms with van der Waals surface area (Å²) in [6.45, 7) is 1.43. The van der Waals surface area contributed by atoms with Gasteiger partial charge >= 0.3 is 0 Å². The third kappa shape index (κ3) is 2.59. The molecule has 5 nitrogen and oxygen atoms in total. The zero-order valence-electron chi connectivity index (χ0n) is 9.88. The molecule has 1 saturated heterocycles. The Kier molecular flexibility index (Phi) is 4.08. The van der Waals surface area contributed by atoms with Crippen LogP contribution in [0.3, 0.4) is 0 Å². The van der Waals surface area contributed by atoms with Crippen LogP contribution in [0, 0.1) is 0 Å². The largest absolute Gasteiger partial charge is 0.409 e. The lowest BCUT2D eigenvalue weighted by Crippen LogP contribution is -2.39. The second kappa shape index (κ2) is 5.58. The van der Waals surface area contributed by atoms with E-state index < -0.39 is 0 Å². The van der Waals surface area contributed by atoms with Crippen molar-refractivity contribution in [1.82, 2.24) is 0 Å². The number of aliphatic hydroxyl groups is 1. The van der Waals surface area contributed by atoms with Crippen LogP contribution in [0.15, 0.2) is 27.8 Å². The smallest absolute Gasteiger partial charge is 0.173 e. The maximum absolute atomic E-state index is 9.73. The highest BCUT2D eigenvalue weighted by Crippen LogP contribution is 2.29. The van der Waals surface area contributed by atoms with Crippen LogP contribution in [0.5, 0.6) is 0 Å². The fraction of sp³-hybridized carbons (Fsp3) is 0.417. The topological polar surface area (TPSA) is 82.1 Å². The molecule has 0 amide bonds. The van der Waals surface area contributed by atoms with Gasteiger partial charge in [-0.3, -0.25) is 0 Å². The highest BCUT2D eigenvalue weighted by molar-refractivity contribution is 9.10. The van der Waals surface area contributed by atoms with Crippen molar-refractivity contribution in [1.29, 1.82) is 0 Å². The lowest BCUT2D eigenvalue weighted by atomic mass is 10.0. The minimum atomic E-state index is -0.321. The van der Waals surface area contributed by atoms with Gasteiger partial charge in [-0.15, -0.1) is 0 Å². The number of hydrogen-bond donors (Lipinski definition) is 3. The van der Waals surface area contributed by atoms with E-state index in [1.54, 1.807) is 0 Å². The molecule has 2 rings (SSSR count). The zero-order valence-corrected chi connectivity index (χ0v) is 11.5. The first-order valence-electron chi connectivity index (χ1n) is 5.83. The van der Waals surface area contributed by atoms with E-state index in [2.05, 4.69) is 26.0 Å². The maximum atomic E-state index is 9.73. The van der Waals surface area contributed by atoms with Crippen molar-refractivity contribution >= 4 is 27.5 Å². The van der Waals surface area contributed by atoms with E-state index in [0.29, 0.717) is 12.1 Å². The Bertz CT molecular complexity index is 465. The predicted octanol–water partition coefficient (Wildman–Crippen LogP) is 1.50. The van der Waals surface area contributed by atoms with E-state index in [0.717, 1.165) is 29.5 Å². The van der Waals surface area contributed by atoms with Gasteiger partial charge < -0.3 is 20.9 Å². The Labute approximate surface area is 114 Å². The molecule has 1 aliphatic heterocycles. The van der Waals surface area contributed by atoms with Crippen molar-refractivity contribution in [3.05, 3.63) is 28.2 Å². The first-order chi connectivity index (χ1) is 8.63. The number of rotatable bonds is 2. The molecule has 1 aromatic rings. The number of hydrogen-bond acceptors (Lipinski definition) is 4. The van der Waals surface area contributed by atoms with Gasteiger partial charge in [0.2, 0.25) is 0 Å². The molecular weight excluding hydrogens is 298 g/mol. The summed E-state index contributed by atoms with van der Waals surface area (Å²) in [5.41, 5.74) is 7.25. The summed E-state index contributed by atoms with van der Waals surface area (Å²) in [7, 11) is 0. The molecule has 4 N–H and O–H groups in total. The molecule has 1 unspecified atom stereocenters. The SMILES string of the molecule is N/C(=N/O)c1c(Br)cccc1N1CCCC(O)C1. The highest BCUT2D eigenvalue weighted by atomic mass is 79.9. The van der Waals surface area contributed by atoms with Crippen LogP contribution in [-0.4, -0.2) is 35.3 Å². The van der Waals surface area contributed by atoms with Crippen LogP contribution in [0.25, 0.3) is 0 Å². The van der Waals surface area contributed by atoms with E-state index in [1.165, 1.54) is 0 Å². The molecule has 98 valence electrons. The Morgan fingerprint density at radius 1 is 1.50 bits per heavy atom. The number of β-amino-alcohol motifs (C(OH)–C–C–N with tert-alkyl or cyclic N) is 1. The van der Waals surface area contributed by atoms with Crippen LogP contribution < -0.4 is 10.6 Å². The molecule has 0 aromatic heterocycles. The van der Waals surface area contributed by atoms with Crippen LogP contribution in [0.4, 0.5) is 5.69 Å². The monoisotopic (exact) mass is 313 g/mol. The molecule has 1 aliphatic rings. The van der Waals surface area contributed by atoms with Crippen molar-refractivity contribution in [3.8, 4) is 0 Å². The number of amidine groups is 1. The Hall–Kier alpha value is -1.27. The average Bonchev–Trinajstić information content (AvgIpc) is 2.37. The van der Waals surface area contributed by atoms with Crippen LogP contribution in [0.2, 0.25) is 0 Å². The van der Waals surface area contributed by atoms with Crippen LogP contribution in [0.1, 0.15) is 18.4 Å². The number of nitrogens with two attached hydrogens (primary N) is 1. The quantitative estimate of drug-likeness (QED) is 0.334. The van der Waals surface area contributed by atoms with E-state index >= 15 is 0 Å². The second-order valence-corrected chi connectivity index (χ2v) is 5.22. The summed E-state index contributed by atoms with van der Waals surface area (Å²) >= 11 is 3.41. The standard InChI is InChI=1S/C12H16BrN3O2/c13-9-4-1-5-10(11(9)12(14)15-18)16-6-2-3-8(17)7-16/h1,4-5,8,17-18H,2-3,6-7H2,(H2,14,15). The van der Waals surface area contributed by atoms with Gasteiger partial charge in [0, 0.05) is 23.2 Å². The van der Waals surface area contributed by atoms with Crippen LogP contribution in [-0.2, 0) is 0 Å². The molecule has 6 heteroatoms. The third-order valence-electron chi connectivity index (χ3n) is 3.09. The minimum Gasteiger partial charge on any atom is -0.409 e. The summed E-state index contributed by atoms with van der Waals surface area (Å²) in [4.78, 5) is 2.06. The lowest BCUT2D eigenvalue weighted by molar-refractivity contribution is 0.154. The fourth-order valence-electron chi connectivity index (χ4n) is 2.25. The molecule has 1 fully saturated rings. The second-order valence-electron chi connectivity index (χ2n) is 4.36. The van der Waals surface area contributed by atoms with Gasteiger partial charge in [-0.25, -0.2) is 0 Å². The summed E-state index contributed by atoms with van der Waals surface area (Å²) in [6, 6.07) is 5.65. The Morgan fingerprint density at radius 2 is 2.28 bits per heavy atom. The Morgan fingerprint density at radius 3 is 2.94 bits per heavy atom. The molecular formula is C12H16BrN3O2. The minimum absolute atomic E-state index is 0.0672. The average molecular weight is 314 g/mol. The molecule has 1 heterocycles. The first kappa shape index (κ1) is 13.2. The summed E-state index contributed by atoms with van der Waals surface area (Å²) < 4.78 is 0.773. The first-order valence-corrected chi connectivity index (χ1v) is 6.62. The summed E-state index contributed by atoms with van der Waals surface area (Å²) in [6.07, 6.45) is 1.44. The van der Waals surface area contributed by atoms with E-state index in [4.69, 9.17) is 10.9 Å². The molecule has 0 spiro atoms. The molecule has 0 radical (unpaired) electrons. The van der Waals surface area contributed by atoms with Crippen molar-refractivity contribution in [2.75, 3.05) is 18.0 Å². The number of nitrogens with zero attached hydrogens (tertiary/aromatic N) is 2. The Balaban J connectivity index is 2.40. The van der Waals surface area contributed by atoms with E-state index in [1.807, 2.05) is 18.2 Å². The number of aliphatic hydroxyl groups excluding tert-OH is 1. The maximum Gasteiger partial charge on any atom is 0.173 e. The fourth-order valence-corrected chi connectivity index (χ4v) is 2.81. The van der Waals surface area contributed by atoms with Crippen molar-refractivity contribution in [2.24, 2.45) is 10.9 Å². The molecule has 0 saturated carbocycles. The number of oxime groups is 1. The molecule has 18 heavy (non-hydrogen) atoms. The number of benzene rings is 1. The predicted molar refractivity (Wildman–Crippen MR) is 74.1 cm³/mol. The van der Waals surface area contributed by atoms with Gasteiger partial charge in [-0.1, -0.05) is 11.2 Å². The van der Waals surface area contributed by atoms with Gasteiger partial charge in [0.25, 0.3) is 0 Å². The number of piperidine rings is 1. The van der Waals surface area contributed by atoms with Gasteiger partial charge in [-0.2, -0.15) is 0 Å².